The second-order valence-corrected chi connectivity index (χ2v) is 11.3. The third-order valence-corrected chi connectivity index (χ3v) is 7.75. The Morgan fingerprint density at radius 1 is 1.18 bits per heavy atom. The van der Waals surface area contributed by atoms with Crippen LogP contribution < -0.4 is 15.5 Å². The van der Waals surface area contributed by atoms with Crippen LogP contribution >= 0.6 is 23.1 Å². The van der Waals surface area contributed by atoms with Gasteiger partial charge in [0, 0.05) is 52.8 Å². The van der Waals surface area contributed by atoms with Gasteiger partial charge in [-0.25, -0.2) is 15.0 Å². The Hall–Kier alpha value is -2.69. The van der Waals surface area contributed by atoms with Crippen molar-refractivity contribution in [3.05, 3.63) is 41.4 Å². The fraction of sp³-hybridized carbons (Fsp3) is 0.417. The van der Waals surface area contributed by atoms with Gasteiger partial charge >= 0.3 is 0 Å². The van der Waals surface area contributed by atoms with Gasteiger partial charge in [0.2, 0.25) is 5.91 Å². The molecule has 1 saturated carbocycles. The maximum absolute atomic E-state index is 12.0. The van der Waals surface area contributed by atoms with Crippen LogP contribution in [0.3, 0.4) is 0 Å². The largest absolute Gasteiger partial charge is 0.355 e. The smallest absolute Gasteiger partial charge is 0.227 e. The third kappa shape index (κ3) is 5.68. The molecule has 0 radical (unpaired) electrons. The van der Waals surface area contributed by atoms with Crippen LogP contribution in [-0.4, -0.2) is 59.0 Å². The number of hydrogen-bond donors (Lipinski definition) is 2. The van der Waals surface area contributed by atoms with E-state index in [-0.39, 0.29) is 11.8 Å². The average molecular weight is 496 g/mol. The van der Waals surface area contributed by atoms with Gasteiger partial charge in [-0.3, -0.25) is 4.79 Å². The Labute approximate surface area is 208 Å². The Bertz CT molecular complexity index is 1160. The van der Waals surface area contributed by atoms with Crippen LogP contribution in [0.25, 0.3) is 0 Å². The van der Waals surface area contributed by atoms with E-state index in [1.807, 2.05) is 43.5 Å². The van der Waals surface area contributed by atoms with Crippen molar-refractivity contribution in [2.75, 3.05) is 42.7 Å². The number of aryl methyl sites for hydroxylation is 1. The molecule has 1 amide bonds. The minimum Gasteiger partial charge on any atom is -0.355 e. The van der Waals surface area contributed by atoms with E-state index in [4.69, 9.17) is 9.97 Å². The Balaban J connectivity index is 1.35. The molecule has 2 N–H and O–H groups in total. The molecule has 2 aliphatic rings. The number of anilines is 4. The molecule has 1 atom stereocenters. The lowest BCUT2D eigenvalue weighted by molar-refractivity contribution is -0.117. The number of carbonyl (C=O) groups is 1. The van der Waals surface area contributed by atoms with Crippen molar-refractivity contribution in [1.29, 1.82) is 0 Å². The molecule has 3 aromatic rings. The van der Waals surface area contributed by atoms with Crippen LogP contribution in [0.4, 0.5) is 22.5 Å². The third-order valence-electron chi connectivity index (χ3n) is 6.05. The first kappa shape index (κ1) is 23.1. The van der Waals surface area contributed by atoms with Crippen molar-refractivity contribution < 1.29 is 4.79 Å². The maximum atomic E-state index is 12.0. The minimum absolute atomic E-state index is 0.117. The van der Waals surface area contributed by atoms with E-state index < -0.39 is 0 Å². The summed E-state index contributed by atoms with van der Waals surface area (Å²) in [6.07, 6.45) is 4.96. The van der Waals surface area contributed by atoms with E-state index in [1.165, 1.54) is 11.8 Å². The number of benzene rings is 1. The molecule has 8 nitrogen and oxygen atoms in total. The molecule has 2 fully saturated rings. The molecule has 0 spiro atoms. The van der Waals surface area contributed by atoms with E-state index >= 15 is 0 Å². The van der Waals surface area contributed by atoms with Crippen molar-refractivity contribution in [1.82, 2.24) is 19.9 Å². The zero-order valence-electron chi connectivity index (χ0n) is 19.6. The molecule has 178 valence electrons. The van der Waals surface area contributed by atoms with Crippen LogP contribution in [0.15, 0.2) is 46.6 Å². The van der Waals surface area contributed by atoms with Crippen LogP contribution in [0, 0.1) is 12.8 Å². The van der Waals surface area contributed by atoms with Crippen molar-refractivity contribution in [3.8, 4) is 0 Å². The number of rotatable bonds is 8. The topological polar surface area (TPSA) is 86.3 Å². The zero-order valence-corrected chi connectivity index (χ0v) is 21.2. The lowest BCUT2D eigenvalue weighted by Gasteiger charge is -2.21. The molecule has 5 rings (SSSR count). The molecule has 2 aromatic heterocycles. The Morgan fingerprint density at radius 3 is 2.62 bits per heavy atom. The lowest BCUT2D eigenvalue weighted by atomic mass is 10.2. The number of thiazole rings is 1. The van der Waals surface area contributed by atoms with Crippen LogP contribution in [0.5, 0.6) is 0 Å². The second kappa shape index (κ2) is 9.89. The van der Waals surface area contributed by atoms with E-state index in [1.54, 1.807) is 11.3 Å². The molecule has 3 heterocycles. The number of likely N-dealkylation sites (N-methyl/N-ethyl adjacent to an activating group) is 1. The number of nitrogens with one attached hydrogen (secondary N) is 2. The molecule has 10 heteroatoms. The van der Waals surface area contributed by atoms with Gasteiger partial charge in [-0.05, 0) is 76.3 Å². The van der Waals surface area contributed by atoms with E-state index in [0.29, 0.717) is 11.2 Å². The molecule has 0 unspecified atom stereocenters. The number of aromatic nitrogens is 3. The highest BCUT2D eigenvalue weighted by Crippen LogP contribution is 2.33. The first-order valence-corrected chi connectivity index (χ1v) is 13.1. The van der Waals surface area contributed by atoms with Crippen molar-refractivity contribution in [2.45, 2.75) is 42.3 Å². The standard InChI is InChI=1S/C24H29N7OS2/c1-15-13-25-23(33-15)27-20-12-21(31-11-10-18(14-31)30(2)3)29-24(28-20)34-19-8-6-17(7-9-19)26-22(32)16-4-5-16/h6-9,12-13,16,18H,4-5,10-11,14H2,1-3H3,(H,26,32)(H,25,27,28,29)/t18-/m0/s1. The predicted octanol–water partition coefficient (Wildman–Crippen LogP) is 4.63. The van der Waals surface area contributed by atoms with Crippen LogP contribution in [0.1, 0.15) is 24.1 Å². The van der Waals surface area contributed by atoms with Crippen molar-refractivity contribution >= 4 is 51.5 Å². The van der Waals surface area contributed by atoms with Gasteiger partial charge in [-0.15, -0.1) is 11.3 Å². The summed E-state index contributed by atoms with van der Waals surface area (Å²) in [5, 5.41) is 7.84. The van der Waals surface area contributed by atoms with Crippen molar-refractivity contribution in [2.24, 2.45) is 5.92 Å². The zero-order chi connectivity index (χ0) is 23.7. The highest BCUT2D eigenvalue weighted by atomic mass is 32.2. The van der Waals surface area contributed by atoms with Gasteiger partial charge in [0.15, 0.2) is 10.3 Å². The van der Waals surface area contributed by atoms with Crippen LogP contribution in [0.2, 0.25) is 0 Å². The van der Waals surface area contributed by atoms with Gasteiger partial charge in [-0.1, -0.05) is 0 Å². The maximum Gasteiger partial charge on any atom is 0.227 e. The molecule has 1 aliphatic heterocycles. The Morgan fingerprint density at radius 2 is 1.97 bits per heavy atom. The molecule has 1 aromatic carbocycles. The SMILES string of the molecule is Cc1cnc(Nc2cc(N3CC[C@H](N(C)C)C3)nc(Sc3ccc(NC(=O)C4CC4)cc3)n2)s1. The fourth-order valence-electron chi connectivity index (χ4n) is 3.88. The lowest BCUT2D eigenvalue weighted by Crippen LogP contribution is -2.31. The molecule has 1 aliphatic carbocycles. The summed E-state index contributed by atoms with van der Waals surface area (Å²) in [5.41, 5.74) is 0.823. The highest BCUT2D eigenvalue weighted by Gasteiger charge is 2.29. The number of amides is 1. The normalized spacial score (nSPS) is 17.9. The molecular formula is C24H29N7OS2. The monoisotopic (exact) mass is 495 g/mol. The van der Waals surface area contributed by atoms with Gasteiger partial charge in [0.05, 0.1) is 0 Å². The summed E-state index contributed by atoms with van der Waals surface area (Å²) < 4.78 is 0. The first-order chi connectivity index (χ1) is 16.4. The molecule has 1 saturated heterocycles. The number of carbonyl (C=O) groups excluding carboxylic acids is 1. The van der Waals surface area contributed by atoms with Crippen molar-refractivity contribution in [3.63, 3.8) is 0 Å². The number of hydrogen-bond acceptors (Lipinski definition) is 9. The predicted molar refractivity (Wildman–Crippen MR) is 138 cm³/mol. The van der Waals surface area contributed by atoms with Gasteiger partial charge in [0.1, 0.15) is 11.6 Å². The Kier molecular flexibility index (Phi) is 6.71. The summed E-state index contributed by atoms with van der Waals surface area (Å²) in [4.78, 5) is 32.8. The molecular weight excluding hydrogens is 466 g/mol. The summed E-state index contributed by atoms with van der Waals surface area (Å²) in [6.45, 7) is 3.95. The summed E-state index contributed by atoms with van der Waals surface area (Å²) in [7, 11) is 4.26. The average Bonchev–Trinajstić information content (AvgIpc) is 3.40. The van der Waals surface area contributed by atoms with Gasteiger partial charge in [0.25, 0.3) is 0 Å². The fourth-order valence-corrected chi connectivity index (χ4v) is 5.32. The van der Waals surface area contributed by atoms with Crippen LogP contribution in [-0.2, 0) is 4.79 Å². The molecule has 34 heavy (non-hydrogen) atoms. The van der Waals surface area contributed by atoms with Gasteiger partial charge in [-0.2, -0.15) is 0 Å². The molecule has 0 bridgehead atoms. The quantitative estimate of drug-likeness (QED) is 0.438. The summed E-state index contributed by atoms with van der Waals surface area (Å²) in [5.74, 6) is 1.97. The van der Waals surface area contributed by atoms with E-state index in [0.717, 1.165) is 64.6 Å². The van der Waals surface area contributed by atoms with E-state index in [9.17, 15) is 4.79 Å². The second-order valence-electron chi connectivity index (χ2n) is 9.04. The first-order valence-electron chi connectivity index (χ1n) is 11.5. The number of nitrogens with zero attached hydrogens (tertiary/aromatic N) is 5. The minimum atomic E-state index is 0.117. The summed E-state index contributed by atoms with van der Waals surface area (Å²) >= 11 is 3.12. The van der Waals surface area contributed by atoms with Gasteiger partial charge < -0.3 is 20.4 Å². The summed E-state index contributed by atoms with van der Waals surface area (Å²) in [6, 6.07) is 10.4. The van der Waals surface area contributed by atoms with E-state index in [2.05, 4.69) is 39.5 Å². The highest BCUT2D eigenvalue weighted by molar-refractivity contribution is 7.99.